The van der Waals surface area contributed by atoms with E-state index in [-0.39, 0.29) is 18.5 Å². The van der Waals surface area contributed by atoms with Crippen molar-refractivity contribution < 1.29 is 23.8 Å². The highest BCUT2D eigenvalue weighted by Crippen LogP contribution is 2.32. The molecule has 0 spiro atoms. The molecule has 6 nitrogen and oxygen atoms in total. The average molecular weight is 293 g/mol. The topological polar surface area (TPSA) is 73.9 Å². The van der Waals surface area contributed by atoms with E-state index in [9.17, 15) is 9.59 Å². The maximum atomic E-state index is 11.7. The number of unbranched alkanes of at least 4 members (excludes halogenated alkanes) is 1. The van der Waals surface area contributed by atoms with Crippen molar-refractivity contribution in [3.63, 3.8) is 0 Å². The predicted molar refractivity (Wildman–Crippen MR) is 76.5 cm³/mol. The van der Waals surface area contributed by atoms with Gasteiger partial charge in [0.2, 0.25) is 0 Å². The zero-order valence-electron chi connectivity index (χ0n) is 12.0. The molecule has 1 aliphatic rings. The van der Waals surface area contributed by atoms with E-state index in [1.807, 2.05) is 6.92 Å². The molecular formula is C15H19NO5. The molecule has 114 valence electrons. The molecule has 0 atom stereocenters. The first-order valence-corrected chi connectivity index (χ1v) is 7.04. The van der Waals surface area contributed by atoms with E-state index in [4.69, 9.17) is 14.2 Å². The van der Waals surface area contributed by atoms with Crippen molar-refractivity contribution in [3.8, 4) is 11.5 Å². The van der Waals surface area contributed by atoms with Crippen LogP contribution < -0.4 is 14.8 Å². The van der Waals surface area contributed by atoms with E-state index in [1.54, 1.807) is 18.2 Å². The lowest BCUT2D eigenvalue weighted by Crippen LogP contribution is -2.21. The van der Waals surface area contributed by atoms with Crippen molar-refractivity contribution in [2.75, 3.05) is 25.1 Å². The van der Waals surface area contributed by atoms with Crippen LogP contribution in [0.4, 0.5) is 5.69 Å². The Bertz CT molecular complexity index is 515. The lowest BCUT2D eigenvalue weighted by Gasteiger charge is -2.19. The Morgan fingerprint density at radius 2 is 2.00 bits per heavy atom. The van der Waals surface area contributed by atoms with E-state index in [2.05, 4.69) is 5.32 Å². The second kappa shape index (κ2) is 7.52. The minimum absolute atomic E-state index is 0.281. The Hall–Kier alpha value is -2.24. The second-order valence-electron chi connectivity index (χ2n) is 4.67. The first kappa shape index (κ1) is 15.2. The molecule has 21 heavy (non-hydrogen) atoms. The highest BCUT2D eigenvalue weighted by molar-refractivity contribution is 5.93. The Morgan fingerprint density at radius 3 is 2.76 bits per heavy atom. The number of esters is 1. The van der Waals surface area contributed by atoms with Gasteiger partial charge in [0, 0.05) is 18.2 Å². The molecule has 0 radical (unpaired) electrons. The SMILES string of the molecule is CCCCC(=O)OCC(=O)Nc1ccc2c(c1)OCCO2. The summed E-state index contributed by atoms with van der Waals surface area (Å²) in [6, 6.07) is 5.13. The molecule has 0 aliphatic carbocycles. The van der Waals surface area contributed by atoms with Crippen LogP contribution in [-0.4, -0.2) is 31.7 Å². The average Bonchev–Trinajstić information content (AvgIpc) is 2.50. The molecule has 1 heterocycles. The molecule has 0 unspecified atom stereocenters. The fraction of sp³-hybridized carbons (Fsp3) is 0.467. The van der Waals surface area contributed by atoms with Crippen LogP contribution in [0.25, 0.3) is 0 Å². The summed E-state index contributed by atoms with van der Waals surface area (Å²) in [7, 11) is 0. The number of ether oxygens (including phenoxy) is 3. The summed E-state index contributed by atoms with van der Waals surface area (Å²) >= 11 is 0. The molecule has 0 saturated carbocycles. The molecule has 6 heteroatoms. The van der Waals surface area contributed by atoms with Crippen molar-refractivity contribution in [2.24, 2.45) is 0 Å². The number of benzene rings is 1. The smallest absolute Gasteiger partial charge is 0.306 e. The fourth-order valence-corrected chi connectivity index (χ4v) is 1.86. The molecule has 1 aromatic rings. The number of carbonyl (C=O) groups is 2. The molecule has 0 saturated heterocycles. The minimum atomic E-state index is -0.378. The van der Waals surface area contributed by atoms with Gasteiger partial charge >= 0.3 is 5.97 Å². The zero-order valence-corrected chi connectivity index (χ0v) is 12.0. The Balaban J connectivity index is 1.81. The van der Waals surface area contributed by atoms with Crippen LogP contribution in [0.1, 0.15) is 26.2 Å². The van der Waals surface area contributed by atoms with Gasteiger partial charge in [0.05, 0.1) is 0 Å². The maximum Gasteiger partial charge on any atom is 0.306 e. The van der Waals surface area contributed by atoms with E-state index in [1.165, 1.54) is 0 Å². The van der Waals surface area contributed by atoms with Gasteiger partial charge in [-0.05, 0) is 18.6 Å². The number of carbonyl (C=O) groups excluding carboxylic acids is 2. The zero-order chi connectivity index (χ0) is 15.1. The molecule has 1 amide bonds. The van der Waals surface area contributed by atoms with Crippen molar-refractivity contribution in [2.45, 2.75) is 26.2 Å². The molecule has 0 aromatic heterocycles. The lowest BCUT2D eigenvalue weighted by molar-refractivity contribution is -0.147. The monoisotopic (exact) mass is 293 g/mol. The Morgan fingerprint density at radius 1 is 1.24 bits per heavy atom. The molecule has 1 aliphatic heterocycles. The van der Waals surface area contributed by atoms with Crippen molar-refractivity contribution in [1.82, 2.24) is 0 Å². The number of anilines is 1. The van der Waals surface area contributed by atoms with Gasteiger partial charge in [0.1, 0.15) is 13.2 Å². The summed E-state index contributed by atoms with van der Waals surface area (Å²) in [5, 5.41) is 2.65. The van der Waals surface area contributed by atoms with Crippen molar-refractivity contribution >= 4 is 17.6 Å². The first-order valence-electron chi connectivity index (χ1n) is 7.04. The fourth-order valence-electron chi connectivity index (χ4n) is 1.86. The summed E-state index contributed by atoms with van der Waals surface area (Å²) in [4.78, 5) is 23.0. The van der Waals surface area contributed by atoms with Gasteiger partial charge < -0.3 is 19.5 Å². The van der Waals surface area contributed by atoms with Gasteiger partial charge in [-0.2, -0.15) is 0 Å². The third-order valence-corrected chi connectivity index (χ3v) is 2.92. The normalized spacial score (nSPS) is 12.6. The van der Waals surface area contributed by atoms with Crippen molar-refractivity contribution in [1.29, 1.82) is 0 Å². The molecular weight excluding hydrogens is 274 g/mol. The highest BCUT2D eigenvalue weighted by Gasteiger charge is 2.13. The minimum Gasteiger partial charge on any atom is -0.486 e. The van der Waals surface area contributed by atoms with Crippen LogP contribution in [0.3, 0.4) is 0 Å². The van der Waals surface area contributed by atoms with Crippen LogP contribution in [0.5, 0.6) is 11.5 Å². The Kier molecular flexibility index (Phi) is 5.43. The molecule has 1 N–H and O–H groups in total. The quantitative estimate of drug-likeness (QED) is 0.813. The molecule has 0 bridgehead atoms. The third kappa shape index (κ3) is 4.66. The molecule has 2 rings (SSSR count). The number of amides is 1. The second-order valence-corrected chi connectivity index (χ2v) is 4.67. The van der Waals surface area contributed by atoms with Gasteiger partial charge in [0.15, 0.2) is 18.1 Å². The lowest BCUT2D eigenvalue weighted by atomic mass is 10.2. The number of fused-ring (bicyclic) bond motifs is 1. The summed E-state index contributed by atoms with van der Waals surface area (Å²) in [5.41, 5.74) is 0.578. The standard InChI is InChI=1S/C15H19NO5/c1-2-3-4-15(18)21-10-14(17)16-11-5-6-12-13(9-11)20-8-7-19-12/h5-6,9H,2-4,7-8,10H2,1H3,(H,16,17). The summed E-state index contributed by atoms with van der Waals surface area (Å²) in [6.07, 6.45) is 2.02. The van der Waals surface area contributed by atoms with E-state index < -0.39 is 0 Å². The maximum absolute atomic E-state index is 11.7. The van der Waals surface area contributed by atoms with Gasteiger partial charge in [-0.1, -0.05) is 13.3 Å². The number of nitrogens with one attached hydrogen (secondary N) is 1. The van der Waals surface area contributed by atoms with Crippen LogP contribution in [0.2, 0.25) is 0 Å². The van der Waals surface area contributed by atoms with Crippen LogP contribution in [-0.2, 0) is 14.3 Å². The van der Waals surface area contributed by atoms with Crippen LogP contribution in [0, 0.1) is 0 Å². The summed E-state index contributed by atoms with van der Waals surface area (Å²) in [6.45, 7) is 2.71. The predicted octanol–water partition coefficient (Wildman–Crippen LogP) is 2.13. The third-order valence-electron chi connectivity index (χ3n) is 2.92. The van der Waals surface area contributed by atoms with Gasteiger partial charge in [-0.3, -0.25) is 9.59 Å². The van der Waals surface area contributed by atoms with Crippen molar-refractivity contribution in [3.05, 3.63) is 18.2 Å². The van der Waals surface area contributed by atoms with Gasteiger partial charge in [-0.15, -0.1) is 0 Å². The molecule has 1 aromatic carbocycles. The summed E-state index contributed by atoms with van der Waals surface area (Å²) < 4.78 is 15.7. The Labute approximate surface area is 123 Å². The van der Waals surface area contributed by atoms with Gasteiger partial charge in [0.25, 0.3) is 5.91 Å². The highest BCUT2D eigenvalue weighted by atomic mass is 16.6. The number of hydrogen-bond acceptors (Lipinski definition) is 5. The number of hydrogen-bond donors (Lipinski definition) is 1. The van der Waals surface area contributed by atoms with E-state index in [0.717, 1.165) is 12.8 Å². The van der Waals surface area contributed by atoms with Crippen LogP contribution >= 0.6 is 0 Å². The first-order chi connectivity index (χ1) is 10.2. The number of rotatable bonds is 6. The summed E-state index contributed by atoms with van der Waals surface area (Å²) in [5.74, 6) is 0.523. The van der Waals surface area contributed by atoms with E-state index in [0.29, 0.717) is 36.8 Å². The largest absolute Gasteiger partial charge is 0.486 e. The van der Waals surface area contributed by atoms with Crippen LogP contribution in [0.15, 0.2) is 18.2 Å². The van der Waals surface area contributed by atoms with E-state index >= 15 is 0 Å². The van der Waals surface area contributed by atoms with Gasteiger partial charge in [-0.25, -0.2) is 0 Å². The molecule has 0 fully saturated rings.